The maximum Gasteiger partial charge on any atom is 0.295 e. The van der Waals surface area contributed by atoms with Crippen molar-refractivity contribution in [3.63, 3.8) is 0 Å². The summed E-state index contributed by atoms with van der Waals surface area (Å²) in [5.41, 5.74) is 5.99. The molecule has 1 amide bonds. The Morgan fingerprint density at radius 3 is 2.12 bits per heavy atom. The number of Topliss-reactive ketones (excluding diaryl/α,β-unsaturated/α-hetero) is 1. The molecule has 5 heteroatoms. The molecule has 2 N–H and O–H groups in total. The summed E-state index contributed by atoms with van der Waals surface area (Å²) in [5, 5.41) is 21.1. The molecule has 0 bridgehead atoms. The fraction of sp³-hybridized carbons (Fsp3) is 0.214. The minimum Gasteiger partial charge on any atom is -0.508 e. The van der Waals surface area contributed by atoms with E-state index in [0.29, 0.717) is 11.1 Å². The second-order valence-electron chi connectivity index (χ2n) is 8.77. The van der Waals surface area contributed by atoms with E-state index in [4.69, 9.17) is 0 Å². The molecule has 0 radical (unpaired) electrons. The van der Waals surface area contributed by atoms with Crippen LogP contribution in [0.3, 0.4) is 0 Å². The molecule has 3 aromatic rings. The Kier molecular flexibility index (Phi) is 5.81. The predicted molar refractivity (Wildman–Crippen MR) is 128 cm³/mol. The molecule has 0 spiro atoms. The van der Waals surface area contributed by atoms with Crippen LogP contribution in [-0.4, -0.2) is 26.8 Å². The third-order valence-corrected chi connectivity index (χ3v) is 6.24. The Hall–Kier alpha value is -3.86. The number of nitrogens with zero attached hydrogens (tertiary/aromatic N) is 1. The highest BCUT2D eigenvalue weighted by atomic mass is 16.3. The van der Waals surface area contributed by atoms with E-state index >= 15 is 0 Å². The van der Waals surface area contributed by atoms with E-state index in [0.717, 1.165) is 27.8 Å². The number of phenols is 1. The molecule has 1 fully saturated rings. The molecular weight excluding hydrogens is 414 g/mol. The fourth-order valence-corrected chi connectivity index (χ4v) is 4.34. The van der Waals surface area contributed by atoms with Gasteiger partial charge in [0.1, 0.15) is 11.5 Å². The topological polar surface area (TPSA) is 77.8 Å². The molecule has 168 valence electrons. The van der Waals surface area contributed by atoms with Gasteiger partial charge in [-0.1, -0.05) is 53.6 Å². The maximum absolute atomic E-state index is 13.3. The van der Waals surface area contributed by atoms with Gasteiger partial charge < -0.3 is 15.1 Å². The highest BCUT2D eigenvalue weighted by Gasteiger charge is 2.46. The number of carbonyl (C=O) groups is 2. The van der Waals surface area contributed by atoms with Crippen molar-refractivity contribution < 1.29 is 19.8 Å². The van der Waals surface area contributed by atoms with Gasteiger partial charge in [-0.15, -0.1) is 0 Å². The fourth-order valence-electron chi connectivity index (χ4n) is 4.34. The molecule has 0 aromatic heterocycles. The van der Waals surface area contributed by atoms with Gasteiger partial charge >= 0.3 is 0 Å². The molecule has 1 heterocycles. The predicted octanol–water partition coefficient (Wildman–Crippen LogP) is 5.25. The van der Waals surface area contributed by atoms with Crippen molar-refractivity contribution in [1.82, 2.24) is 4.90 Å². The van der Waals surface area contributed by atoms with Gasteiger partial charge in [0.25, 0.3) is 11.7 Å². The van der Waals surface area contributed by atoms with Crippen LogP contribution in [0.2, 0.25) is 0 Å². The van der Waals surface area contributed by atoms with E-state index in [-0.39, 0.29) is 23.6 Å². The molecule has 3 aromatic carbocycles. The van der Waals surface area contributed by atoms with Gasteiger partial charge in [0.05, 0.1) is 11.6 Å². The highest BCUT2D eigenvalue weighted by Crippen LogP contribution is 2.41. The number of ketones is 1. The zero-order valence-corrected chi connectivity index (χ0v) is 19.2. The molecule has 1 atom stereocenters. The summed E-state index contributed by atoms with van der Waals surface area (Å²) in [5.74, 6) is -1.46. The van der Waals surface area contributed by atoms with E-state index < -0.39 is 17.7 Å². The third kappa shape index (κ3) is 4.14. The summed E-state index contributed by atoms with van der Waals surface area (Å²) in [6.07, 6.45) is 0. The maximum atomic E-state index is 13.3. The SMILES string of the molecule is Cc1ccc(C)c(CN2C(=O)C(=O)/C(=C(/O)c3cc(C)ccc3C)C2c2ccc(O)cc2)c1. The van der Waals surface area contributed by atoms with E-state index in [1.165, 1.54) is 17.0 Å². The molecule has 1 aliphatic rings. The normalized spacial score (nSPS) is 17.6. The van der Waals surface area contributed by atoms with Crippen LogP contribution in [0.5, 0.6) is 5.75 Å². The minimum atomic E-state index is -0.773. The van der Waals surface area contributed by atoms with Crippen molar-refractivity contribution in [2.45, 2.75) is 40.3 Å². The Morgan fingerprint density at radius 1 is 0.848 bits per heavy atom. The van der Waals surface area contributed by atoms with Crippen LogP contribution in [0.15, 0.2) is 66.2 Å². The second-order valence-corrected chi connectivity index (χ2v) is 8.77. The number of hydrogen-bond donors (Lipinski definition) is 2. The van der Waals surface area contributed by atoms with Crippen LogP contribution in [0.4, 0.5) is 0 Å². The van der Waals surface area contributed by atoms with Crippen molar-refractivity contribution in [1.29, 1.82) is 0 Å². The summed E-state index contributed by atoms with van der Waals surface area (Å²) in [6.45, 7) is 7.95. The van der Waals surface area contributed by atoms with Crippen molar-refractivity contribution in [3.8, 4) is 5.75 Å². The lowest BCUT2D eigenvalue weighted by Gasteiger charge is -2.26. The van der Waals surface area contributed by atoms with Crippen molar-refractivity contribution in [3.05, 3.63) is 105 Å². The average molecular weight is 442 g/mol. The Morgan fingerprint density at radius 2 is 1.45 bits per heavy atom. The molecule has 33 heavy (non-hydrogen) atoms. The number of rotatable bonds is 4. The van der Waals surface area contributed by atoms with Gasteiger partial charge in [-0.3, -0.25) is 9.59 Å². The molecule has 4 rings (SSSR count). The monoisotopic (exact) mass is 441 g/mol. The second kappa shape index (κ2) is 8.58. The molecular formula is C28H27NO4. The Labute approximate surface area is 193 Å². The first-order valence-corrected chi connectivity index (χ1v) is 10.9. The van der Waals surface area contributed by atoms with Crippen LogP contribution in [0.1, 0.15) is 45.0 Å². The number of likely N-dealkylation sites (tertiary alicyclic amines) is 1. The minimum absolute atomic E-state index is 0.0599. The standard InChI is InChI=1S/C28H27NO4/c1-16-5-7-18(3)21(13-16)15-29-25(20-9-11-22(30)12-10-20)24(27(32)28(29)33)26(31)23-14-17(2)6-8-19(23)4/h5-14,25,30-31H,15H2,1-4H3/b26-24+. The molecule has 1 aliphatic heterocycles. The molecule has 1 saturated heterocycles. The van der Waals surface area contributed by atoms with Crippen LogP contribution >= 0.6 is 0 Å². The van der Waals surface area contributed by atoms with E-state index in [9.17, 15) is 19.8 Å². The largest absolute Gasteiger partial charge is 0.508 e. The van der Waals surface area contributed by atoms with Crippen LogP contribution < -0.4 is 0 Å². The molecule has 0 aliphatic carbocycles. The number of amides is 1. The number of carbonyl (C=O) groups excluding carboxylic acids is 2. The quantitative estimate of drug-likeness (QED) is 0.329. The van der Waals surface area contributed by atoms with Gasteiger partial charge in [-0.2, -0.15) is 0 Å². The third-order valence-electron chi connectivity index (χ3n) is 6.24. The number of phenolic OH excluding ortho intramolecular Hbond substituents is 1. The number of hydrogen-bond acceptors (Lipinski definition) is 4. The lowest BCUT2D eigenvalue weighted by Crippen LogP contribution is -2.29. The molecule has 0 saturated carbocycles. The van der Waals surface area contributed by atoms with Crippen molar-refractivity contribution in [2.75, 3.05) is 0 Å². The van der Waals surface area contributed by atoms with Gasteiger partial charge in [0.15, 0.2) is 0 Å². The van der Waals surface area contributed by atoms with E-state index in [2.05, 4.69) is 0 Å². The number of aliphatic hydroxyl groups excluding tert-OH is 1. The van der Waals surface area contributed by atoms with Gasteiger partial charge in [0, 0.05) is 12.1 Å². The van der Waals surface area contributed by atoms with Crippen molar-refractivity contribution >= 4 is 17.4 Å². The zero-order valence-electron chi connectivity index (χ0n) is 19.2. The first-order chi connectivity index (χ1) is 15.7. The summed E-state index contributed by atoms with van der Waals surface area (Å²) >= 11 is 0. The van der Waals surface area contributed by atoms with Crippen LogP contribution in [0.25, 0.3) is 5.76 Å². The summed E-state index contributed by atoms with van der Waals surface area (Å²) in [7, 11) is 0. The van der Waals surface area contributed by atoms with Gasteiger partial charge in [-0.05, 0) is 68.1 Å². The van der Waals surface area contributed by atoms with Crippen LogP contribution in [-0.2, 0) is 16.1 Å². The van der Waals surface area contributed by atoms with E-state index in [1.54, 1.807) is 12.1 Å². The lowest BCUT2D eigenvalue weighted by atomic mass is 9.93. The van der Waals surface area contributed by atoms with Gasteiger partial charge in [-0.25, -0.2) is 0 Å². The first kappa shape index (κ1) is 22.3. The molecule has 1 unspecified atom stereocenters. The first-order valence-electron chi connectivity index (χ1n) is 10.9. The Balaban J connectivity index is 1.91. The number of aromatic hydroxyl groups is 1. The highest BCUT2D eigenvalue weighted by molar-refractivity contribution is 6.46. The summed E-state index contributed by atoms with van der Waals surface area (Å²) in [4.78, 5) is 28.0. The van der Waals surface area contributed by atoms with Crippen LogP contribution in [0, 0.1) is 27.7 Å². The van der Waals surface area contributed by atoms with Crippen molar-refractivity contribution in [2.24, 2.45) is 0 Å². The lowest BCUT2D eigenvalue weighted by molar-refractivity contribution is -0.140. The molecule has 5 nitrogen and oxygen atoms in total. The Bertz CT molecular complexity index is 1290. The number of aliphatic hydroxyl groups is 1. The van der Waals surface area contributed by atoms with Gasteiger partial charge in [0.2, 0.25) is 0 Å². The number of aryl methyl sites for hydroxylation is 4. The van der Waals surface area contributed by atoms with E-state index in [1.807, 2.05) is 64.1 Å². The zero-order chi connectivity index (χ0) is 23.9. The smallest absolute Gasteiger partial charge is 0.295 e. The average Bonchev–Trinajstić information content (AvgIpc) is 3.03. The number of benzene rings is 3. The summed E-state index contributed by atoms with van der Waals surface area (Å²) in [6, 6.07) is 17.3. The summed E-state index contributed by atoms with van der Waals surface area (Å²) < 4.78 is 0.